The highest BCUT2D eigenvalue weighted by Gasteiger charge is 2.28. The molecule has 1 amide bonds. The number of hydrogen-bond acceptors (Lipinski definition) is 4. The van der Waals surface area contributed by atoms with Gasteiger partial charge in [0.05, 0.1) is 4.90 Å². The minimum atomic E-state index is -3.78. The van der Waals surface area contributed by atoms with Gasteiger partial charge in [0.1, 0.15) is 5.58 Å². The van der Waals surface area contributed by atoms with Crippen molar-refractivity contribution in [2.24, 2.45) is 17.0 Å². The quantitative estimate of drug-likeness (QED) is 0.909. The largest absolute Gasteiger partial charge is 0.451 e. The van der Waals surface area contributed by atoms with Crippen LogP contribution in [0.2, 0.25) is 0 Å². The van der Waals surface area contributed by atoms with Crippen LogP contribution in [-0.4, -0.2) is 32.3 Å². The zero-order chi connectivity index (χ0) is 16.8. The molecular weight excluding hydrogens is 316 g/mol. The molecule has 124 valence electrons. The fourth-order valence-corrected chi connectivity index (χ4v) is 3.84. The average molecular weight is 336 g/mol. The van der Waals surface area contributed by atoms with E-state index in [1.165, 1.54) is 18.2 Å². The first-order valence-electron chi connectivity index (χ1n) is 7.59. The lowest BCUT2D eigenvalue weighted by Crippen LogP contribution is -2.42. The van der Waals surface area contributed by atoms with Crippen LogP contribution in [0.15, 0.2) is 33.6 Å². The summed E-state index contributed by atoms with van der Waals surface area (Å²) in [7, 11) is -3.78. The van der Waals surface area contributed by atoms with Gasteiger partial charge in [-0.15, -0.1) is 0 Å². The maximum Gasteiger partial charge on any atom is 0.289 e. The highest BCUT2D eigenvalue weighted by molar-refractivity contribution is 7.89. The van der Waals surface area contributed by atoms with Crippen molar-refractivity contribution in [3.05, 3.63) is 30.0 Å². The topological polar surface area (TPSA) is 93.6 Å². The molecule has 1 aliphatic heterocycles. The molecular formula is C16H20N2O4S. The van der Waals surface area contributed by atoms with Crippen molar-refractivity contribution in [3.63, 3.8) is 0 Å². The molecule has 2 atom stereocenters. The number of likely N-dealkylation sites (tertiary alicyclic amines) is 1. The minimum Gasteiger partial charge on any atom is -0.451 e. The Bertz CT molecular complexity index is 846. The molecule has 2 N–H and O–H groups in total. The number of carbonyl (C=O) groups excluding carboxylic acids is 1. The molecule has 0 aliphatic carbocycles. The van der Waals surface area contributed by atoms with E-state index >= 15 is 0 Å². The molecule has 0 saturated carbocycles. The highest BCUT2D eigenvalue weighted by atomic mass is 32.2. The lowest BCUT2D eigenvalue weighted by molar-refractivity contribution is 0.0594. The van der Waals surface area contributed by atoms with Crippen molar-refractivity contribution in [1.82, 2.24) is 4.90 Å². The van der Waals surface area contributed by atoms with Crippen LogP contribution in [0, 0.1) is 11.8 Å². The second-order valence-corrected chi connectivity index (χ2v) is 8.07. The van der Waals surface area contributed by atoms with Crippen molar-refractivity contribution in [2.45, 2.75) is 25.2 Å². The third kappa shape index (κ3) is 3.25. The van der Waals surface area contributed by atoms with Crippen LogP contribution in [0.5, 0.6) is 0 Å². The van der Waals surface area contributed by atoms with Crippen LogP contribution in [-0.2, 0) is 10.0 Å². The summed E-state index contributed by atoms with van der Waals surface area (Å²) < 4.78 is 28.4. The molecule has 1 aromatic carbocycles. The van der Waals surface area contributed by atoms with E-state index in [1.807, 2.05) is 0 Å². The maximum atomic E-state index is 12.6. The standard InChI is InChI=1S/C16H20N2O4S/c1-10-5-11(2)9-18(8-10)16(19)15-7-12-6-13(23(17,20)21)3-4-14(12)22-15/h3-4,6-7,10-11H,5,8-9H2,1-2H3,(H2,17,20,21). The molecule has 2 aromatic rings. The molecule has 0 radical (unpaired) electrons. The Kier molecular flexibility index (Phi) is 3.93. The minimum absolute atomic E-state index is 0.00464. The zero-order valence-electron chi connectivity index (χ0n) is 13.2. The lowest BCUT2D eigenvalue weighted by atomic mass is 9.92. The summed E-state index contributed by atoms with van der Waals surface area (Å²) in [6.45, 7) is 5.69. The van der Waals surface area contributed by atoms with E-state index in [-0.39, 0.29) is 16.6 Å². The van der Waals surface area contributed by atoms with Crippen LogP contribution >= 0.6 is 0 Å². The second-order valence-electron chi connectivity index (χ2n) is 6.51. The summed E-state index contributed by atoms with van der Waals surface area (Å²) in [5.74, 6) is 0.992. The van der Waals surface area contributed by atoms with Gasteiger partial charge in [0.25, 0.3) is 5.91 Å². The Balaban J connectivity index is 1.92. The van der Waals surface area contributed by atoms with Crippen molar-refractivity contribution < 1.29 is 17.6 Å². The monoisotopic (exact) mass is 336 g/mol. The molecule has 3 rings (SSSR count). The number of furan rings is 1. The molecule has 6 nitrogen and oxygen atoms in total. The molecule has 1 aromatic heterocycles. The number of nitrogens with zero attached hydrogens (tertiary/aromatic N) is 1. The number of nitrogens with two attached hydrogens (primary N) is 1. The van der Waals surface area contributed by atoms with Gasteiger partial charge in [-0.1, -0.05) is 13.8 Å². The molecule has 1 fully saturated rings. The van der Waals surface area contributed by atoms with Gasteiger partial charge in [-0.05, 0) is 42.5 Å². The van der Waals surface area contributed by atoms with E-state index < -0.39 is 10.0 Å². The molecule has 0 bridgehead atoms. The number of amides is 1. The molecule has 1 aliphatic rings. The average Bonchev–Trinajstić information content (AvgIpc) is 2.87. The van der Waals surface area contributed by atoms with Gasteiger partial charge in [0.15, 0.2) is 5.76 Å². The highest BCUT2D eigenvalue weighted by Crippen LogP contribution is 2.26. The van der Waals surface area contributed by atoms with Gasteiger partial charge in [0.2, 0.25) is 10.0 Å². The van der Waals surface area contributed by atoms with Gasteiger partial charge in [0, 0.05) is 18.5 Å². The number of carbonyl (C=O) groups is 1. The van der Waals surface area contributed by atoms with E-state index in [2.05, 4.69) is 13.8 Å². The zero-order valence-corrected chi connectivity index (χ0v) is 14.0. The predicted molar refractivity (Wildman–Crippen MR) is 86.4 cm³/mol. The van der Waals surface area contributed by atoms with Crippen LogP contribution in [0.1, 0.15) is 30.8 Å². The van der Waals surface area contributed by atoms with Crippen LogP contribution in [0.3, 0.4) is 0 Å². The first-order valence-corrected chi connectivity index (χ1v) is 9.14. The Hall–Kier alpha value is -1.86. The van der Waals surface area contributed by atoms with E-state index in [0.29, 0.717) is 35.9 Å². The van der Waals surface area contributed by atoms with E-state index in [0.717, 1.165) is 6.42 Å². The number of piperidine rings is 1. The van der Waals surface area contributed by atoms with Crippen LogP contribution in [0.25, 0.3) is 11.0 Å². The fraction of sp³-hybridized carbons (Fsp3) is 0.438. The van der Waals surface area contributed by atoms with Crippen molar-refractivity contribution in [2.75, 3.05) is 13.1 Å². The third-order valence-corrected chi connectivity index (χ3v) is 5.09. The molecule has 23 heavy (non-hydrogen) atoms. The number of rotatable bonds is 2. The Morgan fingerprint density at radius 2 is 1.87 bits per heavy atom. The van der Waals surface area contributed by atoms with Gasteiger partial charge in [-0.2, -0.15) is 0 Å². The van der Waals surface area contributed by atoms with Crippen molar-refractivity contribution in [3.8, 4) is 0 Å². The summed E-state index contributed by atoms with van der Waals surface area (Å²) in [6, 6.07) is 5.90. The van der Waals surface area contributed by atoms with E-state index in [1.54, 1.807) is 11.0 Å². The second kappa shape index (κ2) is 5.65. The summed E-state index contributed by atoms with van der Waals surface area (Å²) in [5.41, 5.74) is 0.471. The molecule has 2 heterocycles. The number of benzene rings is 1. The SMILES string of the molecule is CC1CC(C)CN(C(=O)c2cc3cc(S(N)(=O)=O)ccc3o2)C1. The first kappa shape index (κ1) is 16.0. The predicted octanol–water partition coefficient (Wildman–Crippen LogP) is 2.20. The smallest absolute Gasteiger partial charge is 0.289 e. The maximum absolute atomic E-state index is 12.6. The Morgan fingerprint density at radius 3 is 2.48 bits per heavy atom. The number of primary sulfonamides is 1. The van der Waals surface area contributed by atoms with Crippen molar-refractivity contribution in [1.29, 1.82) is 0 Å². The lowest BCUT2D eigenvalue weighted by Gasteiger charge is -2.34. The first-order chi connectivity index (χ1) is 10.7. The number of hydrogen-bond donors (Lipinski definition) is 1. The van der Waals surface area contributed by atoms with Gasteiger partial charge < -0.3 is 9.32 Å². The number of sulfonamides is 1. The normalized spacial score (nSPS) is 22.5. The van der Waals surface area contributed by atoms with E-state index in [9.17, 15) is 13.2 Å². The molecule has 1 saturated heterocycles. The van der Waals surface area contributed by atoms with Crippen LogP contribution < -0.4 is 5.14 Å². The summed E-state index contributed by atoms with van der Waals surface area (Å²) in [6.07, 6.45) is 1.11. The summed E-state index contributed by atoms with van der Waals surface area (Å²) in [4.78, 5) is 14.4. The number of fused-ring (bicyclic) bond motifs is 1. The van der Waals surface area contributed by atoms with Crippen LogP contribution in [0.4, 0.5) is 0 Å². The Morgan fingerprint density at radius 1 is 1.22 bits per heavy atom. The molecule has 7 heteroatoms. The Labute approximate surface area is 135 Å². The third-order valence-electron chi connectivity index (χ3n) is 4.18. The molecule has 2 unspecified atom stereocenters. The summed E-state index contributed by atoms with van der Waals surface area (Å²) >= 11 is 0. The van der Waals surface area contributed by atoms with Gasteiger partial charge in [-0.3, -0.25) is 4.79 Å². The van der Waals surface area contributed by atoms with Gasteiger partial charge >= 0.3 is 0 Å². The van der Waals surface area contributed by atoms with E-state index in [4.69, 9.17) is 9.56 Å². The fourth-order valence-electron chi connectivity index (χ4n) is 3.29. The summed E-state index contributed by atoms with van der Waals surface area (Å²) in [5, 5.41) is 5.68. The van der Waals surface area contributed by atoms with Crippen molar-refractivity contribution >= 4 is 26.9 Å². The molecule has 0 spiro atoms. The van der Waals surface area contributed by atoms with Gasteiger partial charge in [-0.25, -0.2) is 13.6 Å².